The molecular weight excluding hydrogens is 268 g/mol. The Balaban J connectivity index is 2.53. The molecule has 0 aliphatic rings. The summed E-state index contributed by atoms with van der Waals surface area (Å²) in [6.07, 6.45) is -1.40. The first-order valence-electron chi connectivity index (χ1n) is 6.98. The van der Waals surface area contributed by atoms with Crippen molar-refractivity contribution < 1.29 is 19.4 Å². The van der Waals surface area contributed by atoms with E-state index in [4.69, 9.17) is 9.47 Å². The maximum absolute atomic E-state index is 12.2. The molecule has 4 nitrogen and oxygen atoms in total. The molecule has 116 valence electrons. The van der Waals surface area contributed by atoms with Crippen molar-refractivity contribution in [3.63, 3.8) is 0 Å². The first-order chi connectivity index (χ1) is 9.86. The summed E-state index contributed by atoms with van der Waals surface area (Å²) >= 11 is 0. The molecule has 0 amide bonds. The molecule has 0 fully saturated rings. The number of ketones is 1. The van der Waals surface area contributed by atoms with E-state index in [9.17, 15) is 9.90 Å². The monoisotopic (exact) mass is 292 g/mol. The van der Waals surface area contributed by atoms with Gasteiger partial charge in [0.2, 0.25) is 0 Å². The van der Waals surface area contributed by atoms with E-state index < -0.39 is 18.1 Å². The molecule has 0 radical (unpaired) electrons. The molecule has 0 aliphatic carbocycles. The van der Waals surface area contributed by atoms with Gasteiger partial charge in [0.1, 0.15) is 11.9 Å². The molecule has 0 heterocycles. The van der Waals surface area contributed by atoms with E-state index in [1.807, 2.05) is 24.3 Å². The second kappa shape index (κ2) is 7.96. The second-order valence-corrected chi connectivity index (χ2v) is 5.28. The molecular formula is C17H24O4. The number of aliphatic hydroxyl groups is 1. The van der Waals surface area contributed by atoms with E-state index in [2.05, 4.69) is 6.58 Å². The topological polar surface area (TPSA) is 55.8 Å². The number of carbonyl (C=O) groups excluding carboxylic acids is 1. The van der Waals surface area contributed by atoms with Crippen LogP contribution < -0.4 is 4.74 Å². The maximum Gasteiger partial charge on any atom is 0.166 e. The summed E-state index contributed by atoms with van der Waals surface area (Å²) in [7, 11) is 1.61. The first kappa shape index (κ1) is 17.4. The van der Waals surface area contributed by atoms with E-state index >= 15 is 0 Å². The van der Waals surface area contributed by atoms with Crippen LogP contribution in [-0.4, -0.2) is 30.2 Å². The minimum Gasteiger partial charge on any atom is -0.497 e. The van der Waals surface area contributed by atoms with E-state index in [1.165, 1.54) is 0 Å². The predicted molar refractivity (Wildman–Crippen MR) is 82.2 cm³/mol. The Labute approximate surface area is 126 Å². The zero-order valence-electron chi connectivity index (χ0n) is 13.1. The fourth-order valence-electron chi connectivity index (χ4n) is 1.98. The largest absolute Gasteiger partial charge is 0.497 e. The van der Waals surface area contributed by atoms with Crippen LogP contribution in [0.15, 0.2) is 36.4 Å². The minimum absolute atomic E-state index is 0.126. The summed E-state index contributed by atoms with van der Waals surface area (Å²) in [4.78, 5) is 12.2. The zero-order valence-corrected chi connectivity index (χ0v) is 13.1. The van der Waals surface area contributed by atoms with Crippen molar-refractivity contribution in [2.45, 2.75) is 39.6 Å². The number of hydrogen-bond acceptors (Lipinski definition) is 4. The van der Waals surface area contributed by atoms with Gasteiger partial charge in [0.05, 0.1) is 19.8 Å². The highest BCUT2D eigenvalue weighted by Gasteiger charge is 2.27. The highest BCUT2D eigenvalue weighted by Crippen LogP contribution is 2.16. The van der Waals surface area contributed by atoms with Crippen LogP contribution >= 0.6 is 0 Å². The van der Waals surface area contributed by atoms with Crippen molar-refractivity contribution in [1.29, 1.82) is 0 Å². The molecule has 0 aliphatic heterocycles. The molecule has 1 aromatic carbocycles. The lowest BCUT2D eigenvalue weighted by atomic mass is 9.93. The molecule has 0 bridgehead atoms. The molecule has 1 N–H and O–H groups in total. The Morgan fingerprint density at radius 2 is 1.86 bits per heavy atom. The maximum atomic E-state index is 12.2. The lowest BCUT2D eigenvalue weighted by Crippen LogP contribution is -2.34. The number of carbonyl (C=O) groups is 1. The first-order valence-corrected chi connectivity index (χ1v) is 6.98. The van der Waals surface area contributed by atoms with Gasteiger partial charge in [-0.05, 0) is 31.5 Å². The number of methoxy groups -OCH3 is 1. The Kier molecular flexibility index (Phi) is 6.59. The van der Waals surface area contributed by atoms with Gasteiger partial charge in [-0.15, -0.1) is 0 Å². The molecule has 21 heavy (non-hydrogen) atoms. The van der Waals surface area contributed by atoms with Gasteiger partial charge in [0.25, 0.3) is 0 Å². The van der Waals surface area contributed by atoms with Crippen molar-refractivity contribution in [3.05, 3.63) is 42.0 Å². The predicted octanol–water partition coefficient (Wildman–Crippen LogP) is 2.74. The van der Waals surface area contributed by atoms with Crippen LogP contribution in [0.3, 0.4) is 0 Å². The average molecular weight is 292 g/mol. The highest BCUT2D eigenvalue weighted by atomic mass is 16.5. The van der Waals surface area contributed by atoms with Crippen LogP contribution in [0.2, 0.25) is 0 Å². The molecule has 1 aromatic rings. The summed E-state index contributed by atoms with van der Waals surface area (Å²) in [6.45, 7) is 9.11. The second-order valence-electron chi connectivity index (χ2n) is 5.28. The van der Waals surface area contributed by atoms with Crippen LogP contribution in [0.5, 0.6) is 5.75 Å². The van der Waals surface area contributed by atoms with Crippen molar-refractivity contribution in [1.82, 2.24) is 0 Å². The van der Waals surface area contributed by atoms with E-state index in [-0.39, 0.29) is 5.78 Å². The zero-order chi connectivity index (χ0) is 16.0. The molecule has 0 saturated heterocycles. The van der Waals surface area contributed by atoms with E-state index in [0.717, 1.165) is 11.3 Å². The van der Waals surface area contributed by atoms with E-state index in [0.29, 0.717) is 12.2 Å². The number of hydrogen-bond donors (Lipinski definition) is 1. The molecule has 3 atom stereocenters. The van der Waals surface area contributed by atoms with Crippen LogP contribution in [0, 0.1) is 5.92 Å². The number of ether oxygens (including phenoxy) is 2. The van der Waals surface area contributed by atoms with Gasteiger partial charge in [-0.3, -0.25) is 4.79 Å². The third kappa shape index (κ3) is 4.99. The van der Waals surface area contributed by atoms with Crippen LogP contribution in [-0.2, 0) is 16.1 Å². The van der Waals surface area contributed by atoms with Gasteiger partial charge >= 0.3 is 0 Å². The summed E-state index contributed by atoms with van der Waals surface area (Å²) in [6, 6.07) is 7.47. The molecule has 0 unspecified atom stereocenters. The number of rotatable bonds is 8. The molecule has 0 saturated carbocycles. The standard InChI is InChI=1S/C17H24O4/c1-11(2)16(18)12(3)17(19)13(4)21-10-14-6-8-15(20-5)9-7-14/h6-9,12-13,16,18H,1,10H2,2-5H3/t12-,13-,16+/m0/s1. The Hall–Kier alpha value is -1.65. The normalized spacial score (nSPS) is 15.1. The lowest BCUT2D eigenvalue weighted by molar-refractivity contribution is -0.136. The smallest absolute Gasteiger partial charge is 0.166 e. The van der Waals surface area contributed by atoms with Gasteiger partial charge in [0.15, 0.2) is 5.78 Å². The summed E-state index contributed by atoms with van der Waals surface area (Å²) in [5.41, 5.74) is 1.54. The Morgan fingerprint density at radius 1 is 1.29 bits per heavy atom. The summed E-state index contributed by atoms with van der Waals surface area (Å²) in [5.74, 6) is 0.133. The quantitative estimate of drug-likeness (QED) is 0.749. The number of benzene rings is 1. The van der Waals surface area contributed by atoms with E-state index in [1.54, 1.807) is 27.9 Å². The van der Waals surface area contributed by atoms with Gasteiger partial charge in [0, 0.05) is 5.92 Å². The fraction of sp³-hybridized carbons (Fsp3) is 0.471. The third-order valence-corrected chi connectivity index (χ3v) is 3.49. The van der Waals surface area contributed by atoms with Crippen molar-refractivity contribution in [2.75, 3.05) is 7.11 Å². The van der Waals surface area contributed by atoms with Crippen LogP contribution in [0.25, 0.3) is 0 Å². The number of Topliss-reactive ketones (excluding diaryl/α,β-unsaturated/α-hetero) is 1. The molecule has 0 spiro atoms. The highest BCUT2D eigenvalue weighted by molar-refractivity contribution is 5.85. The number of aliphatic hydroxyl groups excluding tert-OH is 1. The Morgan fingerprint density at radius 3 is 2.33 bits per heavy atom. The van der Waals surface area contributed by atoms with Gasteiger partial charge in [-0.2, -0.15) is 0 Å². The molecule has 0 aromatic heterocycles. The van der Waals surface area contributed by atoms with Crippen molar-refractivity contribution in [2.24, 2.45) is 5.92 Å². The fourth-order valence-corrected chi connectivity index (χ4v) is 1.98. The van der Waals surface area contributed by atoms with Crippen LogP contribution in [0.4, 0.5) is 0 Å². The Bertz CT molecular complexity index is 478. The molecule has 4 heteroatoms. The minimum atomic E-state index is -0.829. The van der Waals surface area contributed by atoms with Gasteiger partial charge in [-0.1, -0.05) is 31.2 Å². The summed E-state index contributed by atoms with van der Waals surface area (Å²) in [5, 5.41) is 9.87. The van der Waals surface area contributed by atoms with Gasteiger partial charge < -0.3 is 14.6 Å². The SMILES string of the molecule is C=C(C)[C@@H](O)[C@H](C)C(=O)[C@H](C)OCc1ccc(OC)cc1. The summed E-state index contributed by atoms with van der Waals surface area (Å²) < 4.78 is 10.7. The van der Waals surface area contributed by atoms with Crippen molar-refractivity contribution >= 4 is 5.78 Å². The lowest BCUT2D eigenvalue weighted by Gasteiger charge is -2.21. The van der Waals surface area contributed by atoms with Crippen LogP contribution in [0.1, 0.15) is 26.3 Å². The molecule has 1 rings (SSSR count). The average Bonchev–Trinajstić information content (AvgIpc) is 2.50. The third-order valence-electron chi connectivity index (χ3n) is 3.49. The van der Waals surface area contributed by atoms with Gasteiger partial charge in [-0.25, -0.2) is 0 Å². The van der Waals surface area contributed by atoms with Crippen molar-refractivity contribution in [3.8, 4) is 5.75 Å².